The standard InChI is InChI=1S/C23H29ClN3O5P/c1-23(2,3)32-33(28,29)30-16-27(4)13-11-26(12-14-27)22-18-15-17(24)9-10-20(18)31-21-8-6-5-7-19(21)25-22/h5-10,15H,11-14,16H2,1-4H3/p+1. The summed E-state index contributed by atoms with van der Waals surface area (Å²) in [6, 6.07) is 13.2. The van der Waals surface area contributed by atoms with E-state index in [-0.39, 0.29) is 6.73 Å². The van der Waals surface area contributed by atoms with Crippen LogP contribution in [-0.4, -0.2) is 65.7 Å². The minimum absolute atomic E-state index is 0.0819. The van der Waals surface area contributed by atoms with Gasteiger partial charge in [0.25, 0.3) is 0 Å². The minimum atomic E-state index is -4.14. The van der Waals surface area contributed by atoms with Crippen molar-refractivity contribution in [1.29, 1.82) is 0 Å². The first kappa shape index (κ1) is 24.2. The number of nitrogens with zero attached hydrogens (tertiary/aromatic N) is 3. The van der Waals surface area contributed by atoms with Crippen LogP contribution in [0.15, 0.2) is 47.5 Å². The number of phosphoric acid groups is 1. The third-order valence-electron chi connectivity index (χ3n) is 5.53. The van der Waals surface area contributed by atoms with Crippen LogP contribution in [0, 0.1) is 0 Å². The highest BCUT2D eigenvalue weighted by atomic mass is 35.5. The number of aliphatic imine (C=N–C) groups is 1. The number of benzene rings is 2. The highest BCUT2D eigenvalue weighted by Gasteiger charge is 2.36. The Balaban J connectivity index is 1.52. The Morgan fingerprint density at radius 1 is 1.18 bits per heavy atom. The van der Waals surface area contributed by atoms with Gasteiger partial charge in [-0.1, -0.05) is 23.7 Å². The molecule has 1 N–H and O–H groups in total. The van der Waals surface area contributed by atoms with Crippen LogP contribution in [-0.2, 0) is 13.6 Å². The topological polar surface area (TPSA) is 80.6 Å². The highest BCUT2D eigenvalue weighted by Crippen LogP contribution is 2.47. The molecule has 2 aromatic carbocycles. The number of quaternary nitrogens is 1. The molecule has 0 saturated carbocycles. The second-order valence-electron chi connectivity index (χ2n) is 9.63. The van der Waals surface area contributed by atoms with E-state index >= 15 is 0 Å². The van der Waals surface area contributed by atoms with Gasteiger partial charge in [-0.05, 0) is 51.1 Å². The Bertz CT molecular complexity index is 1110. The first-order valence-corrected chi connectivity index (χ1v) is 12.7. The lowest BCUT2D eigenvalue weighted by molar-refractivity contribution is -0.928. The maximum atomic E-state index is 12.3. The van der Waals surface area contributed by atoms with E-state index in [0.29, 0.717) is 47.2 Å². The number of rotatable bonds is 4. The van der Waals surface area contributed by atoms with E-state index in [9.17, 15) is 9.46 Å². The molecule has 0 aliphatic carbocycles. The van der Waals surface area contributed by atoms with Gasteiger partial charge in [0.1, 0.15) is 17.3 Å². The summed E-state index contributed by atoms with van der Waals surface area (Å²) in [6.45, 7) is 8.00. The molecule has 1 unspecified atom stereocenters. The zero-order valence-electron chi connectivity index (χ0n) is 19.3. The molecule has 0 aromatic heterocycles. The van der Waals surface area contributed by atoms with Crippen molar-refractivity contribution in [1.82, 2.24) is 4.90 Å². The van der Waals surface area contributed by atoms with E-state index in [1.165, 1.54) is 0 Å². The predicted molar refractivity (Wildman–Crippen MR) is 128 cm³/mol. The van der Waals surface area contributed by atoms with Gasteiger partial charge in [-0.15, -0.1) is 0 Å². The molecule has 0 amide bonds. The number of para-hydroxylation sites is 2. The predicted octanol–water partition coefficient (Wildman–Crippen LogP) is 5.18. The molecule has 1 saturated heterocycles. The van der Waals surface area contributed by atoms with Crippen LogP contribution >= 0.6 is 19.4 Å². The van der Waals surface area contributed by atoms with Crippen molar-refractivity contribution < 1.29 is 27.7 Å². The normalized spacial score (nSPS) is 19.5. The molecule has 33 heavy (non-hydrogen) atoms. The smallest absolute Gasteiger partial charge is 0.454 e. The first-order chi connectivity index (χ1) is 15.4. The summed E-state index contributed by atoms with van der Waals surface area (Å²) >= 11 is 6.31. The molecule has 0 bridgehead atoms. The first-order valence-electron chi connectivity index (χ1n) is 10.9. The molecule has 8 nitrogen and oxygen atoms in total. The van der Waals surface area contributed by atoms with Crippen molar-refractivity contribution in [3.05, 3.63) is 53.1 Å². The molecular weight excluding hydrogens is 465 g/mol. The quantitative estimate of drug-likeness (QED) is 0.466. The minimum Gasteiger partial charge on any atom is -0.454 e. The van der Waals surface area contributed by atoms with Gasteiger partial charge < -0.3 is 19.0 Å². The molecular formula is C23H30ClN3O5P+. The van der Waals surface area contributed by atoms with Crippen molar-refractivity contribution in [2.45, 2.75) is 26.4 Å². The molecule has 1 atom stereocenters. The third kappa shape index (κ3) is 5.96. The van der Waals surface area contributed by atoms with E-state index < -0.39 is 13.4 Å². The lowest BCUT2D eigenvalue weighted by Gasteiger charge is -2.42. The number of phosphoric ester groups is 1. The maximum absolute atomic E-state index is 12.3. The Labute approximate surface area is 199 Å². The zero-order valence-corrected chi connectivity index (χ0v) is 21.0. The lowest BCUT2D eigenvalue weighted by Crippen LogP contribution is -2.59. The van der Waals surface area contributed by atoms with E-state index in [4.69, 9.17) is 30.4 Å². The van der Waals surface area contributed by atoms with Gasteiger partial charge in [-0.25, -0.2) is 14.1 Å². The largest absolute Gasteiger partial charge is 0.477 e. The summed E-state index contributed by atoms with van der Waals surface area (Å²) in [5.74, 6) is 2.20. The van der Waals surface area contributed by atoms with E-state index in [1.54, 1.807) is 26.8 Å². The van der Waals surface area contributed by atoms with Gasteiger partial charge >= 0.3 is 7.82 Å². The van der Waals surface area contributed by atoms with Gasteiger partial charge in [0.05, 0.1) is 44.4 Å². The highest BCUT2D eigenvalue weighted by molar-refractivity contribution is 7.47. The van der Waals surface area contributed by atoms with Gasteiger partial charge in [0.15, 0.2) is 12.5 Å². The Hall–Kier alpha value is -1.93. The number of likely N-dealkylation sites (N-methyl/N-ethyl adjacent to an activating group) is 1. The van der Waals surface area contributed by atoms with E-state index in [2.05, 4.69) is 4.90 Å². The summed E-state index contributed by atoms with van der Waals surface area (Å²) in [6.07, 6.45) is 0. The van der Waals surface area contributed by atoms with Crippen LogP contribution in [0.3, 0.4) is 0 Å². The van der Waals surface area contributed by atoms with Gasteiger partial charge in [-0.2, -0.15) is 0 Å². The number of hydrogen-bond donors (Lipinski definition) is 1. The van der Waals surface area contributed by atoms with Crippen LogP contribution in [0.1, 0.15) is 26.3 Å². The number of halogens is 1. The second-order valence-corrected chi connectivity index (χ2v) is 11.4. The van der Waals surface area contributed by atoms with Crippen LogP contribution in [0.2, 0.25) is 5.02 Å². The molecule has 10 heteroatoms. The molecule has 2 heterocycles. The monoisotopic (exact) mass is 494 g/mol. The van der Waals surface area contributed by atoms with Gasteiger partial charge in [-0.3, -0.25) is 4.52 Å². The van der Waals surface area contributed by atoms with Crippen LogP contribution in [0.4, 0.5) is 5.69 Å². The Kier molecular flexibility index (Phi) is 6.62. The van der Waals surface area contributed by atoms with Gasteiger partial charge in [0, 0.05) is 5.02 Å². The molecule has 178 valence electrons. The number of fused-ring (bicyclic) bond motifs is 2. The van der Waals surface area contributed by atoms with Crippen molar-refractivity contribution in [2.75, 3.05) is 40.0 Å². The number of piperazine rings is 1. The van der Waals surface area contributed by atoms with E-state index in [1.807, 2.05) is 43.4 Å². The van der Waals surface area contributed by atoms with Crippen molar-refractivity contribution in [3.63, 3.8) is 0 Å². The fourth-order valence-electron chi connectivity index (χ4n) is 3.81. The molecule has 2 aliphatic rings. The van der Waals surface area contributed by atoms with Crippen molar-refractivity contribution >= 4 is 30.9 Å². The fourth-order valence-corrected chi connectivity index (χ4v) is 5.15. The SMILES string of the molecule is CC(C)(C)OP(=O)(O)OC[N+]1(C)CCN(C2=Nc3ccccc3Oc3ccc(Cl)cc32)CC1. The molecule has 1 fully saturated rings. The number of hydrogen-bond acceptors (Lipinski definition) is 6. The molecule has 0 radical (unpaired) electrons. The summed E-state index contributed by atoms with van der Waals surface area (Å²) < 4.78 is 29.5. The molecule has 2 aromatic rings. The Morgan fingerprint density at radius 2 is 1.88 bits per heavy atom. The summed E-state index contributed by atoms with van der Waals surface area (Å²) in [5.41, 5.74) is 0.822. The average Bonchev–Trinajstić information content (AvgIpc) is 2.88. The maximum Gasteiger partial charge on any atom is 0.477 e. The van der Waals surface area contributed by atoms with Gasteiger partial charge in [0.2, 0.25) is 0 Å². The second kappa shape index (κ2) is 9.02. The number of ether oxygens (including phenoxy) is 1. The van der Waals surface area contributed by atoms with Crippen molar-refractivity contribution in [2.24, 2.45) is 4.99 Å². The molecule has 0 spiro atoms. The average molecular weight is 495 g/mol. The zero-order chi connectivity index (χ0) is 23.9. The molecule has 4 rings (SSSR count). The number of amidine groups is 1. The third-order valence-corrected chi connectivity index (χ3v) is 6.99. The van der Waals surface area contributed by atoms with Crippen LogP contribution < -0.4 is 4.74 Å². The summed E-state index contributed by atoms with van der Waals surface area (Å²) in [4.78, 5) is 17.2. The summed E-state index contributed by atoms with van der Waals surface area (Å²) in [7, 11) is -2.13. The van der Waals surface area contributed by atoms with Crippen LogP contribution in [0.25, 0.3) is 0 Å². The lowest BCUT2D eigenvalue weighted by atomic mass is 10.1. The summed E-state index contributed by atoms with van der Waals surface area (Å²) in [5, 5.41) is 0.611. The van der Waals surface area contributed by atoms with Crippen LogP contribution in [0.5, 0.6) is 11.5 Å². The molecule has 2 aliphatic heterocycles. The fraction of sp³-hybridized carbons (Fsp3) is 0.435. The van der Waals surface area contributed by atoms with Crippen molar-refractivity contribution in [3.8, 4) is 11.5 Å². The Morgan fingerprint density at radius 3 is 2.58 bits per heavy atom. The van der Waals surface area contributed by atoms with E-state index in [0.717, 1.165) is 17.1 Å².